The van der Waals surface area contributed by atoms with E-state index in [2.05, 4.69) is 0 Å². The number of aryl methyl sites for hydroxylation is 1. The van der Waals surface area contributed by atoms with Crippen molar-refractivity contribution >= 4 is 22.8 Å². The fourth-order valence-corrected chi connectivity index (χ4v) is 3.15. The molecule has 0 bridgehead atoms. The molecule has 0 aliphatic carbocycles. The zero-order chi connectivity index (χ0) is 16.7. The highest BCUT2D eigenvalue weighted by Crippen LogP contribution is 2.29. The van der Waals surface area contributed by atoms with Crippen LogP contribution in [0.3, 0.4) is 0 Å². The van der Waals surface area contributed by atoms with E-state index in [1.807, 2.05) is 6.92 Å². The van der Waals surface area contributed by atoms with Crippen LogP contribution in [0.2, 0.25) is 0 Å². The molecule has 5 nitrogen and oxygen atoms in total. The third kappa shape index (κ3) is 2.69. The Hall–Kier alpha value is -2.37. The molecule has 0 radical (unpaired) electrons. The lowest BCUT2D eigenvalue weighted by molar-refractivity contribution is -0.123. The van der Waals surface area contributed by atoms with Gasteiger partial charge in [0.05, 0.1) is 5.92 Å². The number of likely N-dealkylation sites (tertiary alicyclic amines) is 1. The van der Waals surface area contributed by atoms with Crippen molar-refractivity contribution < 1.29 is 18.4 Å². The van der Waals surface area contributed by atoms with Crippen LogP contribution in [-0.4, -0.2) is 29.3 Å². The molecule has 1 aliphatic heterocycles. The summed E-state index contributed by atoms with van der Waals surface area (Å²) in [5.74, 6) is -1.18. The normalized spacial score (nSPS) is 21.6. The quantitative estimate of drug-likeness (QED) is 0.924. The number of furan rings is 1. The molecule has 23 heavy (non-hydrogen) atoms. The molecule has 2 N–H and O–H groups in total. The topological polar surface area (TPSA) is 76.5 Å². The molecule has 2 amide bonds. The van der Waals surface area contributed by atoms with Crippen molar-refractivity contribution in [3.8, 4) is 0 Å². The molecule has 1 aliphatic rings. The largest absolute Gasteiger partial charge is 0.451 e. The maximum Gasteiger partial charge on any atom is 0.290 e. The first-order chi connectivity index (χ1) is 10.9. The minimum atomic E-state index is -0.391. The first kappa shape index (κ1) is 15.5. The molecule has 2 heterocycles. The van der Waals surface area contributed by atoms with Crippen molar-refractivity contribution in [3.05, 3.63) is 35.3 Å². The Morgan fingerprint density at radius 1 is 1.35 bits per heavy atom. The minimum Gasteiger partial charge on any atom is -0.451 e. The summed E-state index contributed by atoms with van der Waals surface area (Å²) in [4.78, 5) is 25.9. The Kier molecular flexibility index (Phi) is 3.83. The summed E-state index contributed by atoms with van der Waals surface area (Å²) in [6, 6.07) is 4.17. The van der Waals surface area contributed by atoms with Crippen LogP contribution in [0.15, 0.2) is 22.6 Å². The lowest BCUT2D eigenvalue weighted by Gasteiger charge is -2.36. The van der Waals surface area contributed by atoms with Crippen molar-refractivity contribution in [2.24, 2.45) is 11.7 Å². The maximum absolute atomic E-state index is 13.4. The van der Waals surface area contributed by atoms with E-state index in [-0.39, 0.29) is 29.4 Å². The number of nitrogens with two attached hydrogens (primary N) is 1. The van der Waals surface area contributed by atoms with Crippen LogP contribution in [-0.2, 0) is 4.79 Å². The smallest absolute Gasteiger partial charge is 0.290 e. The Morgan fingerprint density at radius 3 is 2.78 bits per heavy atom. The first-order valence-corrected chi connectivity index (χ1v) is 7.67. The van der Waals surface area contributed by atoms with Crippen molar-refractivity contribution in [1.82, 2.24) is 4.90 Å². The van der Waals surface area contributed by atoms with Gasteiger partial charge in [0.2, 0.25) is 5.91 Å². The number of carbonyl (C=O) groups is 2. The molecule has 1 fully saturated rings. The zero-order valence-corrected chi connectivity index (χ0v) is 13.1. The molecule has 1 saturated heterocycles. The summed E-state index contributed by atoms with van der Waals surface area (Å²) in [7, 11) is 0. The second-order valence-electron chi connectivity index (χ2n) is 6.18. The third-order valence-electron chi connectivity index (χ3n) is 4.64. The molecular weight excluding hydrogens is 299 g/mol. The number of fused-ring (bicyclic) bond motifs is 1. The minimum absolute atomic E-state index is 0.00227. The number of nitrogens with zero attached hydrogens (tertiary/aromatic N) is 1. The first-order valence-electron chi connectivity index (χ1n) is 7.67. The highest BCUT2D eigenvalue weighted by atomic mass is 19.1. The summed E-state index contributed by atoms with van der Waals surface area (Å²) >= 11 is 0. The predicted octanol–water partition coefficient (Wildman–Crippen LogP) is 2.61. The van der Waals surface area contributed by atoms with Crippen molar-refractivity contribution in [1.29, 1.82) is 0 Å². The van der Waals surface area contributed by atoms with E-state index in [4.69, 9.17) is 10.2 Å². The van der Waals surface area contributed by atoms with Crippen LogP contribution in [0.5, 0.6) is 0 Å². The molecule has 2 atom stereocenters. The summed E-state index contributed by atoms with van der Waals surface area (Å²) in [6.45, 7) is 3.96. The zero-order valence-electron chi connectivity index (χ0n) is 13.1. The van der Waals surface area contributed by atoms with Gasteiger partial charge in [-0.1, -0.05) is 0 Å². The predicted molar refractivity (Wildman–Crippen MR) is 83.3 cm³/mol. The van der Waals surface area contributed by atoms with Crippen LogP contribution in [0.4, 0.5) is 4.39 Å². The Balaban J connectivity index is 1.96. The molecule has 122 valence electrons. The summed E-state index contributed by atoms with van der Waals surface area (Å²) in [6.07, 6.45) is 1.40. The fraction of sp³-hybridized carbons (Fsp3) is 0.412. The lowest BCUT2D eigenvalue weighted by atomic mass is 9.92. The van der Waals surface area contributed by atoms with Crippen molar-refractivity contribution in [2.75, 3.05) is 6.54 Å². The molecule has 3 rings (SSSR count). The molecule has 0 spiro atoms. The number of hydrogen-bond acceptors (Lipinski definition) is 3. The molecule has 0 saturated carbocycles. The van der Waals surface area contributed by atoms with Gasteiger partial charge in [0.15, 0.2) is 5.76 Å². The van der Waals surface area contributed by atoms with E-state index >= 15 is 0 Å². The van der Waals surface area contributed by atoms with E-state index in [9.17, 15) is 14.0 Å². The highest BCUT2D eigenvalue weighted by molar-refractivity contribution is 5.99. The third-order valence-corrected chi connectivity index (χ3v) is 4.64. The van der Waals surface area contributed by atoms with Crippen LogP contribution >= 0.6 is 0 Å². The van der Waals surface area contributed by atoms with Gasteiger partial charge in [-0.2, -0.15) is 0 Å². The van der Waals surface area contributed by atoms with Crippen molar-refractivity contribution in [2.45, 2.75) is 32.7 Å². The number of hydrogen-bond donors (Lipinski definition) is 1. The summed E-state index contributed by atoms with van der Waals surface area (Å²) in [5.41, 5.74) is 6.46. The number of rotatable bonds is 2. The maximum atomic E-state index is 13.4. The van der Waals surface area contributed by atoms with Crippen LogP contribution in [0, 0.1) is 18.7 Å². The molecule has 6 heteroatoms. The Bertz CT molecular complexity index is 783. The van der Waals surface area contributed by atoms with Gasteiger partial charge in [0.1, 0.15) is 11.4 Å². The van der Waals surface area contributed by atoms with Gasteiger partial charge in [-0.15, -0.1) is 0 Å². The molecule has 1 aromatic heterocycles. The van der Waals surface area contributed by atoms with Gasteiger partial charge in [-0.25, -0.2) is 4.39 Å². The Morgan fingerprint density at radius 2 is 2.09 bits per heavy atom. The van der Waals surface area contributed by atoms with E-state index in [0.717, 1.165) is 0 Å². The number of piperidine rings is 1. The van der Waals surface area contributed by atoms with Crippen LogP contribution in [0.25, 0.3) is 11.0 Å². The van der Waals surface area contributed by atoms with Gasteiger partial charge in [-0.3, -0.25) is 9.59 Å². The van der Waals surface area contributed by atoms with Gasteiger partial charge in [0, 0.05) is 23.5 Å². The lowest BCUT2D eigenvalue weighted by Crippen LogP contribution is -2.48. The fourth-order valence-electron chi connectivity index (χ4n) is 3.15. The van der Waals surface area contributed by atoms with Crippen LogP contribution in [0.1, 0.15) is 35.9 Å². The van der Waals surface area contributed by atoms with E-state index in [0.29, 0.717) is 35.9 Å². The second kappa shape index (κ2) is 5.68. The Labute approximate surface area is 133 Å². The van der Waals surface area contributed by atoms with Crippen molar-refractivity contribution in [3.63, 3.8) is 0 Å². The SMILES string of the molecule is Cc1c(C(=O)N2C[C@@H](C(N)=O)CC[C@H]2C)oc2ccc(F)cc12. The van der Waals surface area contributed by atoms with Gasteiger partial charge < -0.3 is 15.1 Å². The number of primary amides is 1. The molecule has 2 aromatic rings. The van der Waals surface area contributed by atoms with E-state index in [1.54, 1.807) is 11.8 Å². The standard InChI is InChI=1S/C17H19FN2O3/c1-9-3-4-11(16(19)21)8-20(9)17(22)15-10(2)13-7-12(18)5-6-14(13)23-15/h5-7,9,11H,3-4,8H2,1-2H3,(H2,19,21)/t9-,11+/m1/s1. The van der Waals surface area contributed by atoms with E-state index in [1.165, 1.54) is 18.2 Å². The van der Waals surface area contributed by atoms with Crippen LogP contribution < -0.4 is 5.73 Å². The summed E-state index contributed by atoms with van der Waals surface area (Å²) < 4.78 is 19.0. The number of benzene rings is 1. The number of carbonyl (C=O) groups excluding carboxylic acids is 2. The van der Waals surface area contributed by atoms with Gasteiger partial charge in [0.25, 0.3) is 5.91 Å². The number of halogens is 1. The highest BCUT2D eigenvalue weighted by Gasteiger charge is 2.34. The monoisotopic (exact) mass is 318 g/mol. The average molecular weight is 318 g/mol. The second-order valence-corrected chi connectivity index (χ2v) is 6.18. The van der Waals surface area contributed by atoms with E-state index < -0.39 is 5.91 Å². The summed E-state index contributed by atoms with van der Waals surface area (Å²) in [5, 5.41) is 0.587. The molecule has 1 aromatic carbocycles. The van der Waals surface area contributed by atoms with Gasteiger partial charge in [-0.05, 0) is 44.9 Å². The molecular formula is C17H19FN2O3. The molecule has 0 unspecified atom stereocenters. The number of amides is 2. The van der Waals surface area contributed by atoms with Gasteiger partial charge >= 0.3 is 0 Å². The average Bonchev–Trinajstić information content (AvgIpc) is 2.83.